The van der Waals surface area contributed by atoms with E-state index in [2.05, 4.69) is 0 Å². The molecule has 3 nitrogen and oxygen atoms in total. The maximum Gasteiger partial charge on any atom is 0.170 e. The number of hydrogen-bond acceptors (Lipinski definition) is 3. The minimum Gasteiger partial charge on any atom is -0.497 e. The molecule has 1 saturated carbocycles. The summed E-state index contributed by atoms with van der Waals surface area (Å²) in [6.07, 6.45) is 8.19. The Kier molecular flexibility index (Phi) is 3.95. The molecule has 0 spiro atoms. The van der Waals surface area contributed by atoms with Gasteiger partial charge in [0.25, 0.3) is 0 Å². The Balaban J connectivity index is 1.71. The highest BCUT2D eigenvalue weighted by Crippen LogP contribution is 2.35. The van der Waals surface area contributed by atoms with E-state index in [4.69, 9.17) is 9.47 Å². The monoisotopic (exact) mass is 274 g/mol. The van der Waals surface area contributed by atoms with Gasteiger partial charge >= 0.3 is 0 Å². The molecule has 1 fully saturated rings. The number of hydrogen-bond donors (Lipinski definition) is 0. The van der Waals surface area contributed by atoms with Crippen LogP contribution in [0.5, 0.6) is 11.5 Å². The number of carbonyl (C=O) groups excluding carboxylic acids is 1. The molecule has 3 rings (SSSR count). The predicted molar refractivity (Wildman–Crippen MR) is 77.5 cm³/mol. The number of Topliss-reactive ketones (excluding diaryl/α,β-unsaturated/α-hetero) is 1. The minimum atomic E-state index is 0.0465. The average molecular weight is 274 g/mol. The van der Waals surface area contributed by atoms with Gasteiger partial charge in [-0.2, -0.15) is 0 Å². The van der Waals surface area contributed by atoms with Gasteiger partial charge in [-0.1, -0.05) is 32.1 Å². The molecule has 0 saturated heterocycles. The Morgan fingerprint density at radius 2 is 2.05 bits per heavy atom. The standard InChI is InChI=1S/C17H22O3/c1-19-13-7-8-15-16(18)10-14(20-17(15)11-13)9-12-5-3-2-4-6-12/h7-8,11-12,14H,2-6,9-10H2,1H3. The van der Waals surface area contributed by atoms with Crippen molar-refractivity contribution in [3.63, 3.8) is 0 Å². The molecule has 1 unspecified atom stereocenters. The molecule has 1 heterocycles. The summed E-state index contributed by atoms with van der Waals surface area (Å²) in [5, 5.41) is 0. The minimum absolute atomic E-state index is 0.0465. The van der Waals surface area contributed by atoms with Crippen LogP contribution in [0.25, 0.3) is 0 Å². The zero-order valence-electron chi connectivity index (χ0n) is 12.1. The zero-order valence-corrected chi connectivity index (χ0v) is 12.1. The summed E-state index contributed by atoms with van der Waals surface area (Å²) < 4.78 is 11.3. The van der Waals surface area contributed by atoms with Gasteiger partial charge in [0.05, 0.1) is 12.7 Å². The molecule has 1 aliphatic carbocycles. The highest BCUT2D eigenvalue weighted by Gasteiger charge is 2.29. The number of fused-ring (bicyclic) bond motifs is 1. The summed E-state index contributed by atoms with van der Waals surface area (Å²) in [7, 11) is 1.63. The van der Waals surface area contributed by atoms with Crippen molar-refractivity contribution in [1.82, 2.24) is 0 Å². The van der Waals surface area contributed by atoms with Gasteiger partial charge in [0.15, 0.2) is 5.78 Å². The Bertz CT molecular complexity index is 489. The number of rotatable bonds is 3. The normalized spacial score (nSPS) is 23.1. The highest BCUT2D eigenvalue weighted by molar-refractivity contribution is 6.00. The van der Waals surface area contributed by atoms with Crippen molar-refractivity contribution in [2.45, 2.75) is 51.0 Å². The Hall–Kier alpha value is -1.51. The molecule has 1 aromatic rings. The first kappa shape index (κ1) is 13.5. The first-order valence-corrected chi connectivity index (χ1v) is 7.64. The van der Waals surface area contributed by atoms with E-state index < -0.39 is 0 Å². The van der Waals surface area contributed by atoms with Crippen LogP contribution in [-0.2, 0) is 0 Å². The molecule has 0 radical (unpaired) electrons. The molecular weight excluding hydrogens is 252 g/mol. The molecule has 20 heavy (non-hydrogen) atoms. The van der Waals surface area contributed by atoms with E-state index in [0.717, 1.165) is 18.1 Å². The number of benzene rings is 1. The van der Waals surface area contributed by atoms with Crippen LogP contribution in [0.1, 0.15) is 55.3 Å². The Morgan fingerprint density at radius 3 is 2.80 bits per heavy atom. The van der Waals surface area contributed by atoms with Crippen molar-refractivity contribution in [3.05, 3.63) is 23.8 Å². The van der Waals surface area contributed by atoms with Gasteiger partial charge in [0.1, 0.15) is 17.6 Å². The van der Waals surface area contributed by atoms with E-state index in [1.54, 1.807) is 7.11 Å². The maximum absolute atomic E-state index is 12.2. The first-order chi connectivity index (χ1) is 9.76. The number of carbonyl (C=O) groups is 1. The van der Waals surface area contributed by atoms with Crippen LogP contribution in [0.4, 0.5) is 0 Å². The van der Waals surface area contributed by atoms with Crippen LogP contribution in [0.15, 0.2) is 18.2 Å². The molecule has 1 aromatic carbocycles. The largest absolute Gasteiger partial charge is 0.497 e. The van der Waals surface area contributed by atoms with Crippen molar-refractivity contribution in [3.8, 4) is 11.5 Å². The van der Waals surface area contributed by atoms with Gasteiger partial charge in [0.2, 0.25) is 0 Å². The summed E-state index contributed by atoms with van der Waals surface area (Å²) in [5.41, 5.74) is 0.700. The van der Waals surface area contributed by atoms with Gasteiger partial charge in [-0.3, -0.25) is 4.79 Å². The quantitative estimate of drug-likeness (QED) is 0.835. The van der Waals surface area contributed by atoms with Crippen LogP contribution in [0.2, 0.25) is 0 Å². The second-order valence-corrected chi connectivity index (χ2v) is 5.97. The van der Waals surface area contributed by atoms with Gasteiger partial charge in [-0.25, -0.2) is 0 Å². The molecule has 3 heteroatoms. The molecule has 0 N–H and O–H groups in total. The third-order valence-electron chi connectivity index (χ3n) is 4.52. The summed E-state index contributed by atoms with van der Waals surface area (Å²) in [6.45, 7) is 0. The summed E-state index contributed by atoms with van der Waals surface area (Å²) in [4.78, 5) is 12.2. The third kappa shape index (κ3) is 2.82. The predicted octanol–water partition coefficient (Wildman–Crippen LogP) is 4.00. The topological polar surface area (TPSA) is 35.5 Å². The highest BCUT2D eigenvalue weighted by atomic mass is 16.5. The van der Waals surface area contributed by atoms with Crippen LogP contribution in [0.3, 0.4) is 0 Å². The molecule has 0 bridgehead atoms. The smallest absolute Gasteiger partial charge is 0.170 e. The Labute approximate surface area is 120 Å². The van der Waals surface area contributed by atoms with Crippen LogP contribution in [-0.4, -0.2) is 19.0 Å². The van der Waals surface area contributed by atoms with Crippen molar-refractivity contribution < 1.29 is 14.3 Å². The van der Waals surface area contributed by atoms with Crippen molar-refractivity contribution in [2.24, 2.45) is 5.92 Å². The van der Waals surface area contributed by atoms with Crippen molar-refractivity contribution in [2.75, 3.05) is 7.11 Å². The first-order valence-electron chi connectivity index (χ1n) is 7.64. The van der Waals surface area contributed by atoms with Gasteiger partial charge in [0, 0.05) is 12.5 Å². The second kappa shape index (κ2) is 5.86. The van der Waals surface area contributed by atoms with E-state index in [1.165, 1.54) is 32.1 Å². The Morgan fingerprint density at radius 1 is 1.25 bits per heavy atom. The number of methoxy groups -OCH3 is 1. The van der Waals surface area contributed by atoms with Crippen LogP contribution >= 0.6 is 0 Å². The van der Waals surface area contributed by atoms with Crippen molar-refractivity contribution in [1.29, 1.82) is 0 Å². The lowest BCUT2D eigenvalue weighted by Gasteiger charge is -2.30. The zero-order chi connectivity index (χ0) is 13.9. The summed E-state index contributed by atoms with van der Waals surface area (Å²) in [5.74, 6) is 2.37. The van der Waals surface area contributed by atoms with Gasteiger partial charge < -0.3 is 9.47 Å². The van der Waals surface area contributed by atoms with E-state index in [-0.39, 0.29) is 11.9 Å². The lowest BCUT2D eigenvalue weighted by atomic mass is 9.83. The molecular formula is C17H22O3. The summed E-state index contributed by atoms with van der Waals surface area (Å²) in [6, 6.07) is 5.47. The van der Waals surface area contributed by atoms with E-state index in [9.17, 15) is 4.79 Å². The maximum atomic E-state index is 12.2. The molecule has 0 amide bonds. The molecule has 0 aromatic heterocycles. The molecule has 2 aliphatic rings. The SMILES string of the molecule is COc1ccc2c(c1)OC(CC1CCCCC1)CC2=O. The fourth-order valence-electron chi connectivity index (χ4n) is 3.42. The number of ether oxygens (including phenoxy) is 2. The van der Waals surface area contributed by atoms with Crippen LogP contribution < -0.4 is 9.47 Å². The van der Waals surface area contributed by atoms with Crippen molar-refractivity contribution >= 4 is 5.78 Å². The molecule has 1 aliphatic heterocycles. The van der Waals surface area contributed by atoms with Crippen LogP contribution in [0, 0.1) is 5.92 Å². The lowest BCUT2D eigenvalue weighted by Crippen LogP contribution is -2.29. The molecule has 1 atom stereocenters. The lowest BCUT2D eigenvalue weighted by molar-refractivity contribution is 0.0794. The number of ketones is 1. The van der Waals surface area contributed by atoms with E-state index in [0.29, 0.717) is 17.7 Å². The molecule has 108 valence electrons. The van der Waals surface area contributed by atoms with Gasteiger partial charge in [-0.05, 0) is 24.5 Å². The third-order valence-corrected chi connectivity index (χ3v) is 4.52. The average Bonchev–Trinajstić information content (AvgIpc) is 2.47. The fourth-order valence-corrected chi connectivity index (χ4v) is 3.42. The van der Waals surface area contributed by atoms with Gasteiger partial charge in [-0.15, -0.1) is 0 Å². The van der Waals surface area contributed by atoms with E-state index in [1.807, 2.05) is 18.2 Å². The fraction of sp³-hybridized carbons (Fsp3) is 0.588. The van der Waals surface area contributed by atoms with E-state index >= 15 is 0 Å². The second-order valence-electron chi connectivity index (χ2n) is 5.97. The summed E-state index contributed by atoms with van der Waals surface area (Å²) >= 11 is 0.